The van der Waals surface area contributed by atoms with Crippen LogP contribution >= 0.6 is 0 Å². The molecule has 1 heterocycles. The summed E-state index contributed by atoms with van der Waals surface area (Å²) in [5.74, 6) is 0.863. The lowest BCUT2D eigenvalue weighted by Gasteiger charge is -2.38. The number of hydrogen-bond donors (Lipinski definition) is 1. The van der Waals surface area contributed by atoms with Gasteiger partial charge in [-0.15, -0.1) is 0 Å². The van der Waals surface area contributed by atoms with Crippen LogP contribution in [0.1, 0.15) is 31.7 Å². The van der Waals surface area contributed by atoms with Gasteiger partial charge in [-0.2, -0.15) is 5.26 Å². The fraction of sp³-hybridized carbons (Fsp3) is 0.500. The minimum Gasteiger partial charge on any atom is -0.370 e. The molecule has 3 nitrogen and oxygen atoms in total. The summed E-state index contributed by atoms with van der Waals surface area (Å²) < 4.78 is 0. The average Bonchev–Trinajstić information content (AvgIpc) is 2.24. The van der Waals surface area contributed by atoms with E-state index in [1.807, 2.05) is 6.07 Å². The fourth-order valence-corrected chi connectivity index (χ4v) is 1.83. The monoisotopic (exact) mass is 201 g/mol. The second-order valence-corrected chi connectivity index (χ2v) is 4.56. The Morgan fingerprint density at radius 2 is 2.33 bits per heavy atom. The van der Waals surface area contributed by atoms with Crippen LogP contribution in [0, 0.1) is 16.7 Å². The molecule has 0 spiro atoms. The molecule has 3 heteroatoms. The van der Waals surface area contributed by atoms with Crippen LogP contribution in [0.3, 0.4) is 0 Å². The van der Waals surface area contributed by atoms with Crippen molar-refractivity contribution in [2.24, 2.45) is 5.41 Å². The van der Waals surface area contributed by atoms with Crippen molar-refractivity contribution in [2.45, 2.75) is 26.2 Å². The highest BCUT2D eigenvalue weighted by molar-refractivity contribution is 5.39. The van der Waals surface area contributed by atoms with E-state index in [2.05, 4.69) is 23.3 Å². The smallest absolute Gasteiger partial charge is 0.125 e. The van der Waals surface area contributed by atoms with Gasteiger partial charge in [-0.3, -0.25) is 0 Å². The van der Waals surface area contributed by atoms with E-state index in [0.29, 0.717) is 11.0 Å². The number of aromatic nitrogens is 1. The third kappa shape index (κ3) is 2.27. The number of anilines is 1. The molecule has 0 atom stereocenters. The van der Waals surface area contributed by atoms with Gasteiger partial charge in [-0.1, -0.05) is 13.3 Å². The Hall–Kier alpha value is -1.56. The van der Waals surface area contributed by atoms with Crippen LogP contribution in [0.4, 0.5) is 5.82 Å². The molecule has 15 heavy (non-hydrogen) atoms. The van der Waals surface area contributed by atoms with Gasteiger partial charge in [0, 0.05) is 12.7 Å². The van der Waals surface area contributed by atoms with Crippen molar-refractivity contribution in [3.8, 4) is 6.07 Å². The van der Waals surface area contributed by atoms with Gasteiger partial charge in [-0.05, 0) is 30.4 Å². The van der Waals surface area contributed by atoms with Crippen molar-refractivity contribution >= 4 is 5.82 Å². The van der Waals surface area contributed by atoms with Gasteiger partial charge in [0.05, 0.1) is 5.56 Å². The molecule has 0 unspecified atom stereocenters. The zero-order valence-electron chi connectivity index (χ0n) is 8.95. The van der Waals surface area contributed by atoms with Gasteiger partial charge in [0.2, 0.25) is 0 Å². The van der Waals surface area contributed by atoms with Crippen LogP contribution in [0.2, 0.25) is 0 Å². The van der Waals surface area contributed by atoms with E-state index in [1.165, 1.54) is 19.3 Å². The maximum absolute atomic E-state index is 8.62. The normalized spacial score (nSPS) is 17.6. The van der Waals surface area contributed by atoms with Gasteiger partial charge in [0.15, 0.2) is 0 Å². The molecule has 1 saturated carbocycles. The minimum atomic E-state index is 0.454. The van der Waals surface area contributed by atoms with Crippen LogP contribution in [-0.2, 0) is 0 Å². The van der Waals surface area contributed by atoms with Crippen molar-refractivity contribution < 1.29 is 0 Å². The number of rotatable bonds is 3. The largest absolute Gasteiger partial charge is 0.370 e. The summed E-state index contributed by atoms with van der Waals surface area (Å²) in [4.78, 5) is 4.18. The first-order chi connectivity index (χ1) is 7.22. The quantitative estimate of drug-likeness (QED) is 0.817. The molecule has 2 rings (SSSR count). The van der Waals surface area contributed by atoms with Crippen LogP contribution in [0.5, 0.6) is 0 Å². The molecule has 1 aliphatic carbocycles. The van der Waals surface area contributed by atoms with E-state index in [9.17, 15) is 0 Å². The van der Waals surface area contributed by atoms with Crippen LogP contribution in [0.25, 0.3) is 0 Å². The number of nitrogens with zero attached hydrogens (tertiary/aromatic N) is 2. The van der Waals surface area contributed by atoms with Crippen LogP contribution in [0.15, 0.2) is 18.3 Å². The number of nitrogens with one attached hydrogen (secondary N) is 1. The Kier molecular flexibility index (Phi) is 2.59. The second-order valence-electron chi connectivity index (χ2n) is 4.56. The third-order valence-corrected chi connectivity index (χ3v) is 3.15. The molecule has 0 radical (unpaired) electrons. The van der Waals surface area contributed by atoms with Crippen molar-refractivity contribution in [1.82, 2.24) is 4.98 Å². The predicted molar refractivity (Wildman–Crippen MR) is 59.4 cm³/mol. The van der Waals surface area contributed by atoms with E-state index in [1.54, 1.807) is 12.3 Å². The summed E-state index contributed by atoms with van der Waals surface area (Å²) in [5, 5.41) is 11.9. The van der Waals surface area contributed by atoms with Crippen molar-refractivity contribution in [3.05, 3.63) is 23.9 Å². The molecule has 0 aliphatic heterocycles. The van der Waals surface area contributed by atoms with Gasteiger partial charge < -0.3 is 5.32 Å². The topological polar surface area (TPSA) is 48.7 Å². The van der Waals surface area contributed by atoms with Crippen molar-refractivity contribution in [1.29, 1.82) is 5.26 Å². The molecule has 1 aromatic rings. The average molecular weight is 201 g/mol. The molecule has 0 bridgehead atoms. The molecular weight excluding hydrogens is 186 g/mol. The lowest BCUT2D eigenvalue weighted by atomic mass is 9.70. The van der Waals surface area contributed by atoms with E-state index in [0.717, 1.165) is 12.4 Å². The summed E-state index contributed by atoms with van der Waals surface area (Å²) in [6.45, 7) is 3.28. The maximum atomic E-state index is 8.62. The second kappa shape index (κ2) is 3.90. The van der Waals surface area contributed by atoms with Gasteiger partial charge in [0.1, 0.15) is 11.9 Å². The number of nitriles is 1. The molecule has 1 fully saturated rings. The molecule has 0 aromatic carbocycles. The highest BCUT2D eigenvalue weighted by Gasteiger charge is 2.31. The first kappa shape index (κ1) is 9.97. The molecule has 1 N–H and O–H groups in total. The lowest BCUT2D eigenvalue weighted by Crippen LogP contribution is -2.33. The molecule has 0 saturated heterocycles. The fourth-order valence-electron chi connectivity index (χ4n) is 1.83. The Morgan fingerprint density at radius 1 is 1.53 bits per heavy atom. The Labute approximate surface area is 90.1 Å². The highest BCUT2D eigenvalue weighted by Crippen LogP contribution is 2.39. The van der Waals surface area contributed by atoms with Crippen molar-refractivity contribution in [2.75, 3.05) is 11.9 Å². The zero-order valence-corrected chi connectivity index (χ0v) is 8.95. The molecular formula is C12H15N3. The van der Waals surface area contributed by atoms with Crippen LogP contribution in [-0.4, -0.2) is 11.5 Å². The predicted octanol–water partition coefficient (Wildman–Crippen LogP) is 2.56. The lowest BCUT2D eigenvalue weighted by molar-refractivity contribution is 0.180. The van der Waals surface area contributed by atoms with Gasteiger partial charge in [0.25, 0.3) is 0 Å². The molecule has 0 amide bonds. The Balaban J connectivity index is 1.91. The van der Waals surface area contributed by atoms with E-state index in [4.69, 9.17) is 5.26 Å². The van der Waals surface area contributed by atoms with E-state index in [-0.39, 0.29) is 0 Å². The Bertz CT molecular complexity index is 371. The summed E-state index contributed by atoms with van der Waals surface area (Å²) in [7, 11) is 0. The summed E-state index contributed by atoms with van der Waals surface area (Å²) in [6, 6.07) is 5.71. The van der Waals surface area contributed by atoms with Crippen LogP contribution < -0.4 is 5.32 Å². The highest BCUT2D eigenvalue weighted by atomic mass is 15.0. The first-order valence-electron chi connectivity index (χ1n) is 5.32. The Morgan fingerprint density at radius 3 is 2.80 bits per heavy atom. The SMILES string of the molecule is CC1(CNc2ccc(C#N)cn2)CCC1. The standard InChI is InChI=1S/C12H15N3/c1-12(5-2-6-12)9-15-11-4-3-10(7-13)8-14-11/h3-4,8H,2,5-6,9H2,1H3,(H,14,15). The maximum Gasteiger partial charge on any atom is 0.125 e. The summed E-state index contributed by atoms with van der Waals surface area (Å²) in [5.41, 5.74) is 1.06. The molecule has 1 aliphatic rings. The summed E-state index contributed by atoms with van der Waals surface area (Å²) in [6.07, 6.45) is 5.55. The number of pyridine rings is 1. The minimum absolute atomic E-state index is 0.454. The van der Waals surface area contributed by atoms with E-state index < -0.39 is 0 Å². The first-order valence-corrected chi connectivity index (χ1v) is 5.32. The van der Waals surface area contributed by atoms with Crippen molar-refractivity contribution in [3.63, 3.8) is 0 Å². The molecule has 1 aromatic heterocycles. The van der Waals surface area contributed by atoms with Gasteiger partial charge >= 0.3 is 0 Å². The van der Waals surface area contributed by atoms with Gasteiger partial charge in [-0.25, -0.2) is 4.98 Å². The zero-order chi connectivity index (χ0) is 10.7. The third-order valence-electron chi connectivity index (χ3n) is 3.15. The number of hydrogen-bond acceptors (Lipinski definition) is 3. The van der Waals surface area contributed by atoms with E-state index >= 15 is 0 Å². The summed E-state index contributed by atoms with van der Waals surface area (Å²) >= 11 is 0. The molecule has 78 valence electrons.